The van der Waals surface area contributed by atoms with Crippen molar-refractivity contribution in [1.29, 1.82) is 0 Å². The molecule has 2 heterocycles. The molecule has 3 rings (SSSR count). The lowest BCUT2D eigenvalue weighted by atomic mass is 9.86. The van der Waals surface area contributed by atoms with Gasteiger partial charge in [0.05, 0.1) is 12.8 Å². The van der Waals surface area contributed by atoms with Gasteiger partial charge in [-0.15, -0.1) is 5.06 Å². The summed E-state index contributed by atoms with van der Waals surface area (Å²) in [6.45, 7) is 4.28. The summed E-state index contributed by atoms with van der Waals surface area (Å²) in [7, 11) is 0. The van der Waals surface area contributed by atoms with E-state index in [1.807, 2.05) is 0 Å². The second-order valence-electron chi connectivity index (χ2n) is 10.1. The smallest absolute Gasteiger partial charge is 0.336 e. The van der Waals surface area contributed by atoms with Crippen molar-refractivity contribution in [3.8, 4) is 0 Å². The summed E-state index contributed by atoms with van der Waals surface area (Å²) in [5.41, 5.74) is 4.44. The zero-order chi connectivity index (χ0) is 24.2. The minimum atomic E-state index is -0.857. The number of hydrogen-bond donors (Lipinski definition) is 1. The Labute approximate surface area is 194 Å². The number of carbonyl (C=O) groups is 5. The molecule has 0 spiro atoms. The van der Waals surface area contributed by atoms with Crippen molar-refractivity contribution < 1.29 is 33.5 Å². The number of hydroxylamine groups is 2. The van der Waals surface area contributed by atoms with Gasteiger partial charge in [-0.25, -0.2) is 9.59 Å². The Balaban J connectivity index is 1.47. The Morgan fingerprint density at radius 2 is 1.45 bits per heavy atom. The standard InChI is InChI=1S/C23H35N3O7/c1-23(2,13-18(27)32-21(30)17-10-5-11-25(17)22(24)31)14-19(28)33-26-12-6-9-16(26)20(29)15-7-3-4-8-15/h15-17H,3-14H2,1-2H3,(H2,24,31)/t16-,17-/m0/s1. The van der Waals surface area contributed by atoms with E-state index < -0.39 is 35.4 Å². The third kappa shape index (κ3) is 6.52. The summed E-state index contributed by atoms with van der Waals surface area (Å²) in [5.74, 6) is -1.88. The van der Waals surface area contributed by atoms with Crippen LogP contribution in [-0.4, -0.2) is 64.9 Å². The molecule has 2 amide bonds. The van der Waals surface area contributed by atoms with Gasteiger partial charge in [0, 0.05) is 19.0 Å². The normalized spacial score (nSPS) is 24.1. The van der Waals surface area contributed by atoms with Gasteiger partial charge in [0.2, 0.25) is 0 Å². The first kappa shape index (κ1) is 25.1. The lowest BCUT2D eigenvalue weighted by Crippen LogP contribution is -2.44. The fourth-order valence-corrected chi connectivity index (χ4v) is 5.12. The van der Waals surface area contributed by atoms with Crippen molar-refractivity contribution in [3.05, 3.63) is 0 Å². The number of carbonyl (C=O) groups excluding carboxylic acids is 5. The number of primary amides is 1. The number of ketones is 1. The predicted molar refractivity (Wildman–Crippen MR) is 116 cm³/mol. The first-order valence-corrected chi connectivity index (χ1v) is 11.9. The van der Waals surface area contributed by atoms with E-state index in [0.717, 1.165) is 32.1 Å². The van der Waals surface area contributed by atoms with Gasteiger partial charge in [0.1, 0.15) is 12.1 Å². The Morgan fingerprint density at radius 3 is 2.12 bits per heavy atom. The Morgan fingerprint density at radius 1 is 0.848 bits per heavy atom. The third-order valence-corrected chi connectivity index (χ3v) is 6.78. The van der Waals surface area contributed by atoms with Gasteiger partial charge in [0.25, 0.3) is 0 Å². The number of nitrogens with two attached hydrogens (primary N) is 1. The molecule has 2 N–H and O–H groups in total. The minimum absolute atomic E-state index is 0.0587. The number of hydrogen-bond acceptors (Lipinski definition) is 8. The highest BCUT2D eigenvalue weighted by Gasteiger charge is 2.39. The molecule has 3 fully saturated rings. The first-order valence-electron chi connectivity index (χ1n) is 11.9. The molecule has 33 heavy (non-hydrogen) atoms. The van der Waals surface area contributed by atoms with Crippen LogP contribution in [0.15, 0.2) is 0 Å². The zero-order valence-electron chi connectivity index (χ0n) is 19.5. The molecule has 0 radical (unpaired) electrons. The summed E-state index contributed by atoms with van der Waals surface area (Å²) in [6, 6.07) is -1.97. The molecule has 2 atom stereocenters. The van der Waals surface area contributed by atoms with E-state index in [1.165, 1.54) is 9.96 Å². The molecule has 0 unspecified atom stereocenters. The average Bonchev–Trinajstić information content (AvgIpc) is 3.47. The molecule has 2 aliphatic heterocycles. The van der Waals surface area contributed by atoms with Crippen LogP contribution in [0.5, 0.6) is 0 Å². The highest BCUT2D eigenvalue weighted by Crippen LogP contribution is 2.32. The maximum atomic E-state index is 12.8. The molecule has 1 saturated carbocycles. The molecule has 1 aliphatic carbocycles. The maximum absolute atomic E-state index is 12.8. The number of nitrogens with zero attached hydrogens (tertiary/aromatic N) is 2. The molecule has 0 aromatic rings. The second-order valence-corrected chi connectivity index (χ2v) is 10.1. The van der Waals surface area contributed by atoms with E-state index in [0.29, 0.717) is 32.4 Å². The molecule has 3 aliphatic rings. The van der Waals surface area contributed by atoms with Gasteiger partial charge in [-0.05, 0) is 43.9 Å². The quantitative estimate of drug-likeness (QED) is 0.425. The van der Waals surface area contributed by atoms with Crippen LogP contribution in [0.4, 0.5) is 4.79 Å². The minimum Gasteiger partial charge on any atom is -0.392 e. The Bertz CT molecular complexity index is 791. The SMILES string of the molecule is CC(C)(CC(=O)OC(=O)[C@@H]1CCCN1C(N)=O)CC(=O)ON1CCC[C@H]1C(=O)C1CCCC1. The monoisotopic (exact) mass is 465 g/mol. The van der Waals surface area contributed by atoms with Crippen LogP contribution in [0.2, 0.25) is 0 Å². The van der Waals surface area contributed by atoms with E-state index in [-0.39, 0.29) is 30.6 Å². The summed E-state index contributed by atoms with van der Waals surface area (Å²) < 4.78 is 4.94. The highest BCUT2D eigenvalue weighted by atomic mass is 16.7. The van der Waals surface area contributed by atoms with Gasteiger partial charge in [0.15, 0.2) is 5.78 Å². The molecule has 0 aromatic heterocycles. The second kappa shape index (κ2) is 10.6. The van der Waals surface area contributed by atoms with Crippen molar-refractivity contribution in [2.45, 2.75) is 90.1 Å². The van der Waals surface area contributed by atoms with Crippen molar-refractivity contribution in [2.75, 3.05) is 13.1 Å². The van der Waals surface area contributed by atoms with Crippen LogP contribution >= 0.6 is 0 Å². The van der Waals surface area contributed by atoms with Gasteiger partial charge < -0.3 is 20.2 Å². The summed E-state index contributed by atoms with van der Waals surface area (Å²) >= 11 is 0. The van der Waals surface area contributed by atoms with Crippen LogP contribution < -0.4 is 5.73 Å². The summed E-state index contributed by atoms with van der Waals surface area (Å²) in [5, 5.41) is 1.50. The largest absolute Gasteiger partial charge is 0.392 e. The molecule has 10 heteroatoms. The molecule has 2 saturated heterocycles. The van der Waals surface area contributed by atoms with Crippen molar-refractivity contribution in [1.82, 2.24) is 9.96 Å². The summed E-state index contributed by atoms with van der Waals surface area (Å²) in [4.78, 5) is 68.1. The predicted octanol–water partition coefficient (Wildman–Crippen LogP) is 2.09. The van der Waals surface area contributed by atoms with E-state index in [1.54, 1.807) is 13.8 Å². The Hall–Kier alpha value is -2.49. The Kier molecular flexibility index (Phi) is 8.10. The fourth-order valence-electron chi connectivity index (χ4n) is 5.12. The first-order chi connectivity index (χ1) is 15.6. The number of urea groups is 1. The lowest BCUT2D eigenvalue weighted by molar-refractivity contribution is -0.197. The molecular weight excluding hydrogens is 430 g/mol. The van der Waals surface area contributed by atoms with Gasteiger partial charge in [-0.1, -0.05) is 26.7 Å². The number of amides is 2. The zero-order valence-corrected chi connectivity index (χ0v) is 19.5. The summed E-state index contributed by atoms with van der Waals surface area (Å²) in [6.07, 6.45) is 6.16. The molecule has 10 nitrogen and oxygen atoms in total. The average molecular weight is 466 g/mol. The van der Waals surface area contributed by atoms with Crippen LogP contribution in [0.25, 0.3) is 0 Å². The van der Waals surface area contributed by atoms with E-state index in [9.17, 15) is 24.0 Å². The van der Waals surface area contributed by atoms with Crippen molar-refractivity contribution >= 4 is 29.7 Å². The number of Topliss-reactive ketones (excluding diaryl/α,β-unsaturated/α-hetero) is 1. The van der Waals surface area contributed by atoms with Gasteiger partial charge in [-0.2, -0.15) is 0 Å². The molecule has 184 valence electrons. The number of rotatable bonds is 8. The maximum Gasteiger partial charge on any atom is 0.336 e. The van der Waals surface area contributed by atoms with Crippen LogP contribution in [0.1, 0.15) is 78.1 Å². The molecular formula is C23H35N3O7. The van der Waals surface area contributed by atoms with Gasteiger partial charge in [-0.3, -0.25) is 14.4 Å². The number of ether oxygens (including phenoxy) is 1. The van der Waals surface area contributed by atoms with Gasteiger partial charge >= 0.3 is 23.9 Å². The fraction of sp³-hybridized carbons (Fsp3) is 0.783. The number of likely N-dealkylation sites (tertiary alicyclic amines) is 1. The third-order valence-electron chi connectivity index (χ3n) is 6.78. The van der Waals surface area contributed by atoms with Crippen LogP contribution in [0, 0.1) is 11.3 Å². The van der Waals surface area contributed by atoms with Crippen molar-refractivity contribution in [2.24, 2.45) is 17.1 Å². The number of esters is 2. The highest BCUT2D eigenvalue weighted by molar-refractivity contribution is 5.91. The topological polar surface area (TPSA) is 136 Å². The van der Waals surface area contributed by atoms with Crippen LogP contribution in [-0.2, 0) is 28.8 Å². The lowest BCUT2D eigenvalue weighted by Gasteiger charge is -2.27. The van der Waals surface area contributed by atoms with Crippen molar-refractivity contribution in [3.63, 3.8) is 0 Å². The van der Waals surface area contributed by atoms with Crippen LogP contribution in [0.3, 0.4) is 0 Å². The molecule has 0 bridgehead atoms. The van der Waals surface area contributed by atoms with E-state index >= 15 is 0 Å². The van der Waals surface area contributed by atoms with E-state index in [2.05, 4.69) is 0 Å². The molecule has 0 aromatic carbocycles. The van der Waals surface area contributed by atoms with E-state index in [4.69, 9.17) is 15.3 Å².